The predicted octanol–water partition coefficient (Wildman–Crippen LogP) is 5.02. The molecule has 164 valence electrons. The van der Waals surface area contributed by atoms with Gasteiger partial charge in [0.2, 0.25) is 0 Å². The van der Waals surface area contributed by atoms with E-state index in [0.717, 1.165) is 0 Å². The number of esters is 1. The minimum absolute atomic E-state index is 0.0886. The molecule has 0 saturated carbocycles. The molecule has 1 aliphatic heterocycles. The number of hydrogen-bond acceptors (Lipinski definition) is 3. The van der Waals surface area contributed by atoms with Gasteiger partial charge in [0.15, 0.2) is 0 Å². The first-order valence-electron chi connectivity index (χ1n) is 11.1. The Balaban J connectivity index is 1.85. The number of hydrogen-bond donors (Lipinski definition) is 0. The maximum absolute atomic E-state index is 12.4. The molecule has 0 amide bonds. The van der Waals surface area contributed by atoms with Gasteiger partial charge >= 0.3 is 5.97 Å². The zero-order valence-corrected chi connectivity index (χ0v) is 20.1. The number of cyclic esters (lactones) is 1. The summed E-state index contributed by atoms with van der Waals surface area (Å²) < 4.78 is 12.6. The van der Waals surface area contributed by atoms with Gasteiger partial charge in [-0.05, 0) is 28.8 Å². The molecule has 0 aromatic heterocycles. The lowest BCUT2D eigenvalue weighted by atomic mass is 10.0. The van der Waals surface area contributed by atoms with Crippen LogP contribution in [0.5, 0.6) is 0 Å². The van der Waals surface area contributed by atoms with E-state index in [4.69, 9.17) is 9.16 Å². The zero-order chi connectivity index (χ0) is 22.3. The van der Waals surface area contributed by atoms with Gasteiger partial charge in [0.05, 0.1) is 12.5 Å². The van der Waals surface area contributed by atoms with Crippen molar-refractivity contribution in [3.05, 3.63) is 85.0 Å². The Labute approximate surface area is 187 Å². The van der Waals surface area contributed by atoms with E-state index in [-0.39, 0.29) is 23.0 Å². The molecule has 1 heterocycles. The van der Waals surface area contributed by atoms with Crippen molar-refractivity contribution >= 4 is 24.7 Å². The summed E-state index contributed by atoms with van der Waals surface area (Å²) in [6.45, 7) is 9.18. The first kappa shape index (κ1) is 23.2. The number of rotatable bonds is 8. The standard InChI is InChI=1S/C27H34O3Si/c1-5-6-7-10-15-22-20-23(30-26(22)28)21-29-31(27(2,3)4,24-16-11-8-12-17-24)25-18-13-9-14-19-25/h5-14,16-19,22-23H,15,20-21H2,1-4H3/b6-5+,10-7+/t22-,23+/m1/s1. The Morgan fingerprint density at radius 3 is 2.10 bits per heavy atom. The summed E-state index contributed by atoms with van der Waals surface area (Å²) in [5, 5.41) is 2.39. The van der Waals surface area contributed by atoms with Crippen molar-refractivity contribution in [3.63, 3.8) is 0 Å². The molecule has 2 aromatic rings. The Morgan fingerprint density at radius 2 is 1.58 bits per heavy atom. The van der Waals surface area contributed by atoms with E-state index < -0.39 is 8.32 Å². The quantitative estimate of drug-likeness (QED) is 0.333. The molecule has 2 atom stereocenters. The van der Waals surface area contributed by atoms with Crippen molar-refractivity contribution in [1.29, 1.82) is 0 Å². The second kappa shape index (κ2) is 10.3. The first-order valence-corrected chi connectivity index (χ1v) is 13.0. The van der Waals surface area contributed by atoms with Crippen molar-refractivity contribution in [3.8, 4) is 0 Å². The van der Waals surface area contributed by atoms with E-state index >= 15 is 0 Å². The minimum atomic E-state index is -2.61. The molecule has 0 unspecified atom stereocenters. The number of carbonyl (C=O) groups is 1. The number of carbonyl (C=O) groups excluding carboxylic acids is 1. The molecule has 0 aliphatic carbocycles. The van der Waals surface area contributed by atoms with Crippen LogP contribution >= 0.6 is 0 Å². The Kier molecular flexibility index (Phi) is 7.68. The van der Waals surface area contributed by atoms with Crippen molar-refractivity contribution in [2.45, 2.75) is 51.7 Å². The normalized spacial score (nSPS) is 19.9. The fraction of sp³-hybridized carbons (Fsp3) is 0.370. The van der Waals surface area contributed by atoms with Crippen LogP contribution in [0.15, 0.2) is 85.0 Å². The maximum atomic E-state index is 12.4. The van der Waals surface area contributed by atoms with Gasteiger partial charge in [-0.25, -0.2) is 0 Å². The van der Waals surface area contributed by atoms with E-state index in [2.05, 4.69) is 69.3 Å². The van der Waals surface area contributed by atoms with Gasteiger partial charge in [0.25, 0.3) is 8.32 Å². The fourth-order valence-electron chi connectivity index (χ4n) is 4.43. The van der Waals surface area contributed by atoms with E-state index in [1.165, 1.54) is 10.4 Å². The van der Waals surface area contributed by atoms with Gasteiger partial charge in [-0.15, -0.1) is 0 Å². The van der Waals surface area contributed by atoms with E-state index in [0.29, 0.717) is 19.4 Å². The van der Waals surface area contributed by atoms with Crippen molar-refractivity contribution in [2.24, 2.45) is 5.92 Å². The van der Waals surface area contributed by atoms with Gasteiger partial charge in [-0.3, -0.25) is 4.79 Å². The van der Waals surface area contributed by atoms with Crippen molar-refractivity contribution in [2.75, 3.05) is 6.61 Å². The van der Waals surface area contributed by atoms with Gasteiger partial charge < -0.3 is 9.16 Å². The number of benzene rings is 2. The summed E-state index contributed by atoms with van der Waals surface area (Å²) in [6, 6.07) is 21.1. The van der Waals surface area contributed by atoms with Crippen molar-refractivity contribution in [1.82, 2.24) is 0 Å². The lowest BCUT2D eigenvalue weighted by Gasteiger charge is -2.43. The van der Waals surface area contributed by atoms with Crippen molar-refractivity contribution < 1.29 is 14.0 Å². The summed E-state index contributed by atoms with van der Waals surface area (Å²) in [7, 11) is -2.61. The van der Waals surface area contributed by atoms with E-state index in [1.807, 2.05) is 43.4 Å². The highest BCUT2D eigenvalue weighted by molar-refractivity contribution is 6.99. The van der Waals surface area contributed by atoms with Crippen LogP contribution in [-0.4, -0.2) is 27.0 Å². The summed E-state index contributed by atoms with van der Waals surface area (Å²) in [5.41, 5.74) is 0. The van der Waals surface area contributed by atoms with Crippen LogP contribution in [0.3, 0.4) is 0 Å². The second-order valence-electron chi connectivity index (χ2n) is 9.16. The predicted molar refractivity (Wildman–Crippen MR) is 130 cm³/mol. The third-order valence-electron chi connectivity index (χ3n) is 5.93. The van der Waals surface area contributed by atoms with Crippen LogP contribution in [0.1, 0.15) is 40.5 Å². The van der Waals surface area contributed by atoms with Gasteiger partial charge in [-0.2, -0.15) is 0 Å². The van der Waals surface area contributed by atoms with Gasteiger partial charge in [0.1, 0.15) is 6.10 Å². The average Bonchev–Trinajstić information content (AvgIpc) is 3.12. The number of allylic oxidation sites excluding steroid dienone is 4. The molecule has 2 aromatic carbocycles. The Bertz CT molecular complexity index is 858. The highest BCUT2D eigenvalue weighted by Crippen LogP contribution is 2.37. The lowest BCUT2D eigenvalue weighted by molar-refractivity contribution is -0.145. The molecule has 0 spiro atoms. The summed E-state index contributed by atoms with van der Waals surface area (Å²) >= 11 is 0. The van der Waals surface area contributed by atoms with Crippen LogP contribution < -0.4 is 10.4 Å². The zero-order valence-electron chi connectivity index (χ0n) is 19.1. The molecular weight excluding hydrogens is 400 g/mol. The highest BCUT2D eigenvalue weighted by Gasteiger charge is 2.51. The van der Waals surface area contributed by atoms with E-state index in [9.17, 15) is 4.79 Å². The van der Waals surface area contributed by atoms with Crippen LogP contribution in [0.2, 0.25) is 5.04 Å². The third-order valence-corrected chi connectivity index (χ3v) is 10.9. The largest absolute Gasteiger partial charge is 0.460 e. The molecule has 1 saturated heterocycles. The molecule has 4 heteroatoms. The monoisotopic (exact) mass is 434 g/mol. The van der Waals surface area contributed by atoms with Crippen LogP contribution in [0.4, 0.5) is 0 Å². The fourth-order valence-corrected chi connectivity index (χ4v) is 9.02. The van der Waals surface area contributed by atoms with Gasteiger partial charge in [0, 0.05) is 6.42 Å². The maximum Gasteiger partial charge on any atom is 0.309 e. The van der Waals surface area contributed by atoms with E-state index in [1.54, 1.807) is 0 Å². The molecule has 0 bridgehead atoms. The second-order valence-corrected chi connectivity index (χ2v) is 13.5. The smallest absolute Gasteiger partial charge is 0.309 e. The molecule has 1 fully saturated rings. The topological polar surface area (TPSA) is 35.5 Å². The summed E-state index contributed by atoms with van der Waals surface area (Å²) in [5.74, 6) is -0.199. The third kappa shape index (κ3) is 5.25. The molecule has 3 rings (SSSR count). The molecule has 1 aliphatic rings. The van der Waals surface area contributed by atoms with Crippen LogP contribution in [0.25, 0.3) is 0 Å². The molecule has 31 heavy (non-hydrogen) atoms. The molecule has 0 N–H and O–H groups in total. The molecular formula is C27H34O3Si. The molecule has 3 nitrogen and oxygen atoms in total. The molecule has 0 radical (unpaired) electrons. The SMILES string of the molecule is C/C=C/C=C/C[C@@H]1C[C@@H](CO[Si](c2ccccc2)(c2ccccc2)C(C)(C)C)OC1=O. The number of ether oxygens (including phenoxy) is 1. The van der Waals surface area contributed by atoms with Gasteiger partial charge in [-0.1, -0.05) is 106 Å². The first-order chi connectivity index (χ1) is 14.9. The Morgan fingerprint density at radius 1 is 1.00 bits per heavy atom. The van der Waals surface area contributed by atoms with Crippen LogP contribution in [0, 0.1) is 5.92 Å². The summed E-state index contributed by atoms with van der Waals surface area (Å²) in [4.78, 5) is 12.4. The highest BCUT2D eigenvalue weighted by atomic mass is 28.4. The Hall–Kier alpha value is -2.43. The summed E-state index contributed by atoms with van der Waals surface area (Å²) in [6.07, 6.45) is 9.19. The lowest BCUT2D eigenvalue weighted by Crippen LogP contribution is -2.67. The minimum Gasteiger partial charge on any atom is -0.460 e. The average molecular weight is 435 g/mol. The van der Waals surface area contributed by atoms with Crippen LogP contribution in [-0.2, 0) is 14.0 Å².